The summed E-state index contributed by atoms with van der Waals surface area (Å²) in [5, 5.41) is 8.03. The first kappa shape index (κ1) is 21.3. The largest absolute Gasteiger partial charge is 0.384 e. The molecule has 0 radical (unpaired) electrons. The number of azo groups is 1. The molecule has 0 fully saturated rings. The van der Waals surface area contributed by atoms with Gasteiger partial charge in [-0.2, -0.15) is 5.11 Å². The van der Waals surface area contributed by atoms with Crippen LogP contribution in [0.3, 0.4) is 0 Å². The zero-order chi connectivity index (χ0) is 15.6. The molecule has 8 heteroatoms. The van der Waals surface area contributed by atoms with Crippen molar-refractivity contribution in [3.8, 4) is 0 Å². The molecule has 0 spiro atoms. The van der Waals surface area contributed by atoms with Gasteiger partial charge in [0, 0.05) is 12.4 Å². The molecule has 0 saturated carbocycles. The van der Waals surface area contributed by atoms with Gasteiger partial charge >= 0.3 is 0 Å². The van der Waals surface area contributed by atoms with Crippen LogP contribution in [0.4, 0.5) is 23.0 Å². The van der Waals surface area contributed by atoms with E-state index in [1.807, 2.05) is 48.5 Å². The number of rotatable bonds is 2. The first-order valence-electron chi connectivity index (χ1n) is 6.59. The van der Waals surface area contributed by atoms with Crippen LogP contribution in [0.5, 0.6) is 0 Å². The number of hydrogen-bond donors (Lipinski definition) is 2. The zero-order valence-electron chi connectivity index (χ0n) is 12.7. The standard InChI is InChI=1S/C11H11N5.C5H5N.2ClH/c12-10-7-6-9(11(13)14-10)16-15-8-4-2-1-3-5-8;1-2-4-6-5-3-1;;/h1-7H,(H4,12,13,14);1-5H;2*1H/b16-15+;;;. The third kappa shape index (κ3) is 7.53. The molecule has 126 valence electrons. The van der Waals surface area contributed by atoms with Gasteiger partial charge in [-0.3, -0.25) is 4.98 Å². The summed E-state index contributed by atoms with van der Waals surface area (Å²) in [6.07, 6.45) is 3.50. The summed E-state index contributed by atoms with van der Waals surface area (Å²) in [4.78, 5) is 7.67. The molecule has 3 aromatic rings. The summed E-state index contributed by atoms with van der Waals surface area (Å²) < 4.78 is 0. The molecule has 0 aliphatic rings. The van der Waals surface area contributed by atoms with E-state index in [1.54, 1.807) is 24.5 Å². The Hall–Kier alpha value is -2.70. The van der Waals surface area contributed by atoms with E-state index in [4.69, 9.17) is 11.5 Å². The highest BCUT2D eigenvalue weighted by atomic mass is 35.5. The van der Waals surface area contributed by atoms with Gasteiger partial charge in [0.05, 0.1) is 5.69 Å². The number of halogens is 2. The predicted molar refractivity (Wildman–Crippen MR) is 102 cm³/mol. The van der Waals surface area contributed by atoms with Crippen LogP contribution in [0.2, 0.25) is 0 Å². The molecule has 0 aliphatic carbocycles. The highest BCUT2D eigenvalue weighted by Crippen LogP contribution is 2.23. The monoisotopic (exact) mass is 364 g/mol. The van der Waals surface area contributed by atoms with Crippen LogP contribution < -0.4 is 11.5 Å². The van der Waals surface area contributed by atoms with Crippen molar-refractivity contribution < 1.29 is 0 Å². The second-order valence-electron chi connectivity index (χ2n) is 4.20. The van der Waals surface area contributed by atoms with Crippen molar-refractivity contribution in [2.24, 2.45) is 10.2 Å². The van der Waals surface area contributed by atoms with Gasteiger partial charge < -0.3 is 11.5 Å². The Kier molecular flexibility index (Phi) is 10.5. The van der Waals surface area contributed by atoms with Crippen LogP contribution in [0.25, 0.3) is 0 Å². The number of nitrogen functional groups attached to an aromatic ring is 2. The average Bonchev–Trinajstić information content (AvgIpc) is 2.57. The lowest BCUT2D eigenvalue weighted by atomic mass is 10.3. The third-order valence-corrected chi connectivity index (χ3v) is 2.52. The fraction of sp³-hybridized carbons (Fsp3) is 0. The van der Waals surface area contributed by atoms with E-state index in [0.717, 1.165) is 5.69 Å². The Labute approximate surface area is 152 Å². The molecular weight excluding hydrogens is 347 g/mol. The van der Waals surface area contributed by atoms with Crippen LogP contribution in [-0.2, 0) is 0 Å². The summed E-state index contributed by atoms with van der Waals surface area (Å²) in [6.45, 7) is 0. The van der Waals surface area contributed by atoms with Crippen molar-refractivity contribution in [3.63, 3.8) is 0 Å². The van der Waals surface area contributed by atoms with E-state index in [-0.39, 0.29) is 30.6 Å². The van der Waals surface area contributed by atoms with E-state index < -0.39 is 0 Å². The molecule has 1 aromatic carbocycles. The summed E-state index contributed by atoms with van der Waals surface area (Å²) in [5.41, 5.74) is 12.4. The second-order valence-corrected chi connectivity index (χ2v) is 4.20. The fourth-order valence-electron chi connectivity index (χ4n) is 1.49. The lowest BCUT2D eigenvalue weighted by Gasteiger charge is -1.98. The molecule has 0 amide bonds. The highest BCUT2D eigenvalue weighted by molar-refractivity contribution is 5.85. The molecule has 0 saturated heterocycles. The lowest BCUT2D eigenvalue weighted by molar-refractivity contribution is 1.21. The van der Waals surface area contributed by atoms with Gasteiger partial charge in [-0.25, -0.2) is 4.98 Å². The SMILES string of the molecule is Cl.Cl.Nc1ccc(/N=N/c2ccccc2)c(N)n1.c1ccncc1. The van der Waals surface area contributed by atoms with Crippen LogP contribution in [0.15, 0.2) is 83.3 Å². The first-order valence-corrected chi connectivity index (χ1v) is 6.59. The zero-order valence-corrected chi connectivity index (χ0v) is 14.3. The molecule has 0 aliphatic heterocycles. The molecule has 24 heavy (non-hydrogen) atoms. The van der Waals surface area contributed by atoms with E-state index in [1.165, 1.54) is 0 Å². The summed E-state index contributed by atoms with van der Waals surface area (Å²) in [7, 11) is 0. The minimum Gasteiger partial charge on any atom is -0.384 e. The number of nitrogens with zero attached hydrogens (tertiary/aromatic N) is 4. The maximum Gasteiger partial charge on any atom is 0.153 e. The maximum atomic E-state index is 5.64. The Balaban J connectivity index is 0.000000565. The van der Waals surface area contributed by atoms with Gasteiger partial charge in [-0.1, -0.05) is 24.3 Å². The first-order chi connectivity index (χ1) is 10.8. The van der Waals surface area contributed by atoms with Crippen molar-refractivity contribution in [3.05, 3.63) is 73.1 Å². The van der Waals surface area contributed by atoms with Gasteiger partial charge in [-0.15, -0.1) is 29.9 Å². The number of aromatic nitrogens is 2. The third-order valence-electron chi connectivity index (χ3n) is 2.52. The van der Waals surface area contributed by atoms with Gasteiger partial charge in [0.15, 0.2) is 5.82 Å². The molecule has 6 nitrogen and oxygen atoms in total. The van der Waals surface area contributed by atoms with E-state index in [0.29, 0.717) is 11.5 Å². The highest BCUT2D eigenvalue weighted by Gasteiger charge is 1.98. The number of benzene rings is 1. The summed E-state index contributed by atoms with van der Waals surface area (Å²) in [6, 6.07) is 18.4. The normalized spacial score (nSPS) is 9.17. The van der Waals surface area contributed by atoms with Crippen molar-refractivity contribution in [1.82, 2.24) is 9.97 Å². The number of pyridine rings is 2. The van der Waals surface area contributed by atoms with Gasteiger partial charge in [0.1, 0.15) is 11.5 Å². The molecule has 3 rings (SSSR count). The van der Waals surface area contributed by atoms with Crippen LogP contribution in [0, 0.1) is 0 Å². The Morgan fingerprint density at radius 1 is 0.708 bits per heavy atom. The van der Waals surface area contributed by atoms with Crippen molar-refractivity contribution >= 4 is 47.8 Å². The Morgan fingerprint density at radius 3 is 1.83 bits per heavy atom. The predicted octanol–water partition coefficient (Wildman–Crippen LogP) is 4.59. The van der Waals surface area contributed by atoms with Crippen LogP contribution in [-0.4, -0.2) is 9.97 Å². The smallest absolute Gasteiger partial charge is 0.153 e. The number of anilines is 2. The van der Waals surface area contributed by atoms with Crippen molar-refractivity contribution in [1.29, 1.82) is 0 Å². The number of hydrogen-bond acceptors (Lipinski definition) is 6. The molecule has 2 heterocycles. The van der Waals surface area contributed by atoms with E-state index >= 15 is 0 Å². The average molecular weight is 365 g/mol. The maximum absolute atomic E-state index is 5.64. The topological polar surface area (TPSA) is 103 Å². The van der Waals surface area contributed by atoms with E-state index in [2.05, 4.69) is 20.2 Å². The molecule has 0 bridgehead atoms. The Bertz CT molecular complexity index is 696. The second kappa shape index (κ2) is 11.8. The molecule has 2 aromatic heterocycles. The van der Waals surface area contributed by atoms with Crippen molar-refractivity contribution in [2.75, 3.05) is 11.5 Å². The fourth-order valence-corrected chi connectivity index (χ4v) is 1.49. The van der Waals surface area contributed by atoms with Crippen LogP contribution in [0.1, 0.15) is 0 Å². The molecule has 0 unspecified atom stereocenters. The van der Waals surface area contributed by atoms with Crippen molar-refractivity contribution in [2.45, 2.75) is 0 Å². The molecular formula is C16H18Cl2N6. The molecule has 4 N–H and O–H groups in total. The number of nitrogens with two attached hydrogens (primary N) is 2. The quantitative estimate of drug-likeness (QED) is 0.649. The van der Waals surface area contributed by atoms with Gasteiger partial charge in [0.25, 0.3) is 0 Å². The van der Waals surface area contributed by atoms with Gasteiger partial charge in [0.2, 0.25) is 0 Å². The minimum absolute atomic E-state index is 0. The summed E-state index contributed by atoms with van der Waals surface area (Å²) >= 11 is 0. The Morgan fingerprint density at radius 2 is 1.33 bits per heavy atom. The van der Waals surface area contributed by atoms with Gasteiger partial charge in [-0.05, 0) is 36.4 Å². The van der Waals surface area contributed by atoms with E-state index in [9.17, 15) is 0 Å². The minimum atomic E-state index is 0. The lowest BCUT2D eigenvalue weighted by Crippen LogP contribution is -1.95. The van der Waals surface area contributed by atoms with Crippen LogP contribution >= 0.6 is 24.8 Å². The summed E-state index contributed by atoms with van der Waals surface area (Å²) in [5.74, 6) is 0.649. The molecule has 0 atom stereocenters.